The smallest absolute Gasteiger partial charge is 0.276 e. The first-order chi connectivity index (χ1) is 17.3. The van der Waals surface area contributed by atoms with Gasteiger partial charge in [-0.15, -0.1) is 0 Å². The number of rotatable bonds is 3. The third-order valence-electron chi connectivity index (χ3n) is 6.99. The Bertz CT molecular complexity index is 1380. The van der Waals surface area contributed by atoms with E-state index in [4.69, 9.17) is 11.6 Å². The molecule has 1 saturated carbocycles. The minimum atomic E-state index is -0.374. The molecule has 7 nitrogen and oxygen atoms in total. The minimum Gasteiger partial charge on any atom is -0.342 e. The fraction of sp³-hybridized carbons (Fsp3) is 0.333. The Morgan fingerprint density at radius 3 is 2.39 bits per heavy atom. The molecular formula is C27H25ClFN5O2. The topological polar surface area (TPSA) is 80.1 Å². The number of likely N-dealkylation sites (tertiary alicyclic amines) is 1. The van der Waals surface area contributed by atoms with Crippen molar-refractivity contribution < 1.29 is 14.0 Å². The molecule has 1 aromatic carbocycles. The Hall–Kier alpha value is -3.70. The summed E-state index contributed by atoms with van der Waals surface area (Å²) >= 11 is 6.38. The molecule has 184 valence electrons. The van der Waals surface area contributed by atoms with E-state index in [1.807, 2.05) is 17.9 Å². The van der Waals surface area contributed by atoms with Gasteiger partial charge in [-0.25, -0.2) is 9.37 Å². The Morgan fingerprint density at radius 1 is 1.08 bits per heavy atom. The number of nitrogens with one attached hydrogen (secondary N) is 1. The molecule has 0 unspecified atom stereocenters. The van der Waals surface area contributed by atoms with E-state index in [0.29, 0.717) is 34.5 Å². The number of amides is 2. The van der Waals surface area contributed by atoms with Crippen LogP contribution in [0.2, 0.25) is 5.02 Å². The van der Waals surface area contributed by atoms with Crippen molar-refractivity contribution in [1.82, 2.24) is 19.7 Å². The zero-order chi connectivity index (χ0) is 25.4. The summed E-state index contributed by atoms with van der Waals surface area (Å²) in [6.07, 6.45) is 4.79. The van der Waals surface area contributed by atoms with Crippen molar-refractivity contribution in [2.45, 2.75) is 32.7 Å². The zero-order valence-electron chi connectivity index (χ0n) is 20.0. The van der Waals surface area contributed by atoms with Crippen LogP contribution in [-0.2, 0) is 4.79 Å². The van der Waals surface area contributed by atoms with E-state index >= 15 is 0 Å². The summed E-state index contributed by atoms with van der Waals surface area (Å²) in [5.74, 6) is 6.64. The number of benzene rings is 1. The third kappa shape index (κ3) is 4.84. The molecule has 1 aliphatic heterocycles. The summed E-state index contributed by atoms with van der Waals surface area (Å²) in [5.41, 5.74) is 2.43. The van der Waals surface area contributed by atoms with Crippen LogP contribution in [0.3, 0.4) is 0 Å². The van der Waals surface area contributed by atoms with Crippen molar-refractivity contribution in [3.05, 3.63) is 75.9 Å². The Balaban J connectivity index is 1.29. The predicted octanol–water partition coefficient (Wildman–Crippen LogP) is 4.46. The first-order valence-electron chi connectivity index (χ1n) is 11.8. The second-order valence-electron chi connectivity index (χ2n) is 9.46. The highest BCUT2D eigenvalue weighted by atomic mass is 35.5. The molecular weight excluding hydrogens is 481 g/mol. The van der Waals surface area contributed by atoms with Crippen LogP contribution in [0.5, 0.6) is 0 Å². The molecule has 1 aliphatic carbocycles. The molecule has 9 heteroatoms. The third-order valence-corrected chi connectivity index (χ3v) is 7.27. The molecule has 3 aromatic rings. The van der Waals surface area contributed by atoms with Crippen LogP contribution < -0.4 is 5.32 Å². The van der Waals surface area contributed by atoms with Gasteiger partial charge in [0.25, 0.3) is 5.91 Å². The van der Waals surface area contributed by atoms with Gasteiger partial charge in [-0.05, 0) is 67.5 Å². The van der Waals surface area contributed by atoms with Gasteiger partial charge < -0.3 is 10.2 Å². The molecule has 2 amide bonds. The maximum Gasteiger partial charge on any atom is 0.276 e. The summed E-state index contributed by atoms with van der Waals surface area (Å²) < 4.78 is 14.8. The molecule has 36 heavy (non-hydrogen) atoms. The number of aryl methyl sites for hydroxylation is 1. The number of anilines is 1. The lowest BCUT2D eigenvalue weighted by Crippen LogP contribution is -2.28. The zero-order valence-corrected chi connectivity index (χ0v) is 20.7. The molecule has 1 N–H and O–H groups in total. The van der Waals surface area contributed by atoms with Crippen LogP contribution in [0.15, 0.2) is 42.7 Å². The van der Waals surface area contributed by atoms with Gasteiger partial charge in [0.1, 0.15) is 17.3 Å². The standard InChI is InChI=1S/C27H25ClFN5O2/c1-16-9-19(4-3-18-5-7-22(29)8-6-18)12-30-26(16)32-27(36)25-24(28)13-31-34(25)23-10-20-14-33(17(2)35)15-21(20)11-23/h5-9,12-13,20-21,23H,10-11,14-15H2,1-2H3,(H,30,32,36)/t20-,21+,23+. The minimum absolute atomic E-state index is 0.0560. The van der Waals surface area contributed by atoms with Gasteiger partial charge in [0.2, 0.25) is 5.91 Å². The summed E-state index contributed by atoms with van der Waals surface area (Å²) in [7, 11) is 0. The number of nitrogens with zero attached hydrogens (tertiary/aromatic N) is 4. The van der Waals surface area contributed by atoms with Crippen LogP contribution in [0.25, 0.3) is 0 Å². The van der Waals surface area contributed by atoms with Gasteiger partial charge in [0.15, 0.2) is 0 Å². The fourth-order valence-corrected chi connectivity index (χ4v) is 5.39. The Labute approximate surface area is 213 Å². The van der Waals surface area contributed by atoms with Crippen molar-refractivity contribution >= 4 is 29.2 Å². The van der Waals surface area contributed by atoms with Gasteiger partial charge in [-0.1, -0.05) is 23.4 Å². The van der Waals surface area contributed by atoms with Gasteiger partial charge in [0.05, 0.1) is 17.3 Å². The summed E-state index contributed by atoms with van der Waals surface area (Å²) in [6.45, 7) is 4.96. The van der Waals surface area contributed by atoms with Crippen LogP contribution in [0, 0.1) is 36.4 Å². The van der Waals surface area contributed by atoms with Crippen molar-refractivity contribution in [2.24, 2.45) is 11.8 Å². The van der Waals surface area contributed by atoms with E-state index in [0.717, 1.165) is 31.5 Å². The Morgan fingerprint density at radius 2 is 1.75 bits per heavy atom. The Kier molecular flexibility index (Phi) is 6.50. The van der Waals surface area contributed by atoms with E-state index in [1.165, 1.54) is 18.3 Å². The first kappa shape index (κ1) is 24.0. The molecule has 0 radical (unpaired) electrons. The molecule has 2 aromatic heterocycles. The maximum atomic E-state index is 13.2. The quantitative estimate of drug-likeness (QED) is 0.533. The summed E-state index contributed by atoms with van der Waals surface area (Å²) in [4.78, 5) is 31.2. The molecule has 1 saturated heterocycles. The lowest BCUT2D eigenvalue weighted by Gasteiger charge is -2.19. The normalized spacial score (nSPS) is 20.6. The summed E-state index contributed by atoms with van der Waals surface area (Å²) in [6, 6.07) is 7.83. The average molecular weight is 506 g/mol. The van der Waals surface area contributed by atoms with Crippen LogP contribution in [0.1, 0.15) is 53.0 Å². The lowest BCUT2D eigenvalue weighted by atomic mass is 10.0. The SMILES string of the molecule is CC(=O)N1C[C@H]2C[C@H](n3ncc(Cl)c3C(=O)Nc3ncc(C#Cc4ccc(F)cc4)cc3C)C[C@H]2C1. The van der Waals surface area contributed by atoms with Crippen molar-refractivity contribution in [1.29, 1.82) is 0 Å². The van der Waals surface area contributed by atoms with E-state index in [-0.39, 0.29) is 28.7 Å². The van der Waals surface area contributed by atoms with E-state index in [1.54, 1.807) is 29.9 Å². The number of aromatic nitrogens is 3. The molecule has 0 bridgehead atoms. The molecule has 2 fully saturated rings. The second-order valence-corrected chi connectivity index (χ2v) is 9.86. The predicted molar refractivity (Wildman–Crippen MR) is 134 cm³/mol. The average Bonchev–Trinajstić information content (AvgIpc) is 3.53. The second kappa shape index (κ2) is 9.75. The number of halogens is 2. The molecule has 2 aliphatic rings. The van der Waals surface area contributed by atoms with E-state index in [2.05, 4.69) is 27.2 Å². The number of carbonyl (C=O) groups is 2. The van der Waals surface area contributed by atoms with Crippen molar-refractivity contribution in [3.63, 3.8) is 0 Å². The van der Waals surface area contributed by atoms with E-state index < -0.39 is 0 Å². The van der Waals surface area contributed by atoms with Crippen molar-refractivity contribution in [3.8, 4) is 11.8 Å². The van der Waals surface area contributed by atoms with Gasteiger partial charge in [-0.3, -0.25) is 14.3 Å². The number of carbonyl (C=O) groups excluding carboxylic acids is 2. The summed E-state index contributed by atoms with van der Waals surface area (Å²) in [5, 5.41) is 7.56. The van der Waals surface area contributed by atoms with Crippen LogP contribution >= 0.6 is 11.6 Å². The fourth-order valence-electron chi connectivity index (χ4n) is 5.17. The molecule has 3 atom stereocenters. The maximum absolute atomic E-state index is 13.2. The highest BCUT2D eigenvalue weighted by Crippen LogP contribution is 2.44. The highest BCUT2D eigenvalue weighted by Gasteiger charge is 2.43. The van der Waals surface area contributed by atoms with Crippen LogP contribution in [-0.4, -0.2) is 44.6 Å². The number of pyridine rings is 1. The molecule has 3 heterocycles. The van der Waals surface area contributed by atoms with Crippen LogP contribution in [0.4, 0.5) is 10.2 Å². The molecule has 0 spiro atoms. The number of fused-ring (bicyclic) bond motifs is 1. The van der Waals surface area contributed by atoms with Gasteiger partial charge >= 0.3 is 0 Å². The van der Waals surface area contributed by atoms with Crippen molar-refractivity contribution in [2.75, 3.05) is 18.4 Å². The highest BCUT2D eigenvalue weighted by molar-refractivity contribution is 6.34. The lowest BCUT2D eigenvalue weighted by molar-refractivity contribution is -0.128. The van der Waals surface area contributed by atoms with Gasteiger partial charge in [0, 0.05) is 37.3 Å². The number of hydrogen-bond acceptors (Lipinski definition) is 4. The first-order valence-corrected chi connectivity index (χ1v) is 12.2. The number of hydrogen-bond donors (Lipinski definition) is 1. The monoisotopic (exact) mass is 505 g/mol. The molecule has 5 rings (SSSR count). The van der Waals surface area contributed by atoms with Gasteiger partial charge in [-0.2, -0.15) is 5.10 Å². The largest absolute Gasteiger partial charge is 0.342 e. The van der Waals surface area contributed by atoms with E-state index in [9.17, 15) is 14.0 Å².